The summed E-state index contributed by atoms with van der Waals surface area (Å²) in [5, 5.41) is 0. The lowest BCUT2D eigenvalue weighted by atomic mass is 9.84. The van der Waals surface area contributed by atoms with Crippen LogP contribution in [0.2, 0.25) is 0 Å². The Morgan fingerprint density at radius 3 is 2.47 bits per heavy atom. The molecule has 1 aliphatic heterocycles. The van der Waals surface area contributed by atoms with E-state index in [1.807, 2.05) is 0 Å². The minimum absolute atomic E-state index is 0.0434. The molecule has 0 aromatic rings. The third-order valence-electron chi connectivity index (χ3n) is 2.63. The van der Waals surface area contributed by atoms with E-state index in [9.17, 15) is 18.0 Å². The zero-order chi connectivity index (χ0) is 11.7. The fourth-order valence-electron chi connectivity index (χ4n) is 1.51. The van der Waals surface area contributed by atoms with Crippen LogP contribution in [-0.4, -0.2) is 30.7 Å². The van der Waals surface area contributed by atoms with Crippen LogP contribution in [0.4, 0.5) is 13.2 Å². The quantitative estimate of drug-likeness (QED) is 0.769. The Morgan fingerprint density at radius 1 is 1.47 bits per heavy atom. The van der Waals surface area contributed by atoms with Crippen molar-refractivity contribution in [3.8, 4) is 0 Å². The molecule has 1 aliphatic rings. The number of hydrogen-bond acceptors (Lipinski definition) is 3. The molecule has 0 aliphatic carbocycles. The summed E-state index contributed by atoms with van der Waals surface area (Å²) < 4.78 is 42.3. The van der Waals surface area contributed by atoms with Gasteiger partial charge in [0, 0.05) is 12.5 Å². The number of ketones is 1. The van der Waals surface area contributed by atoms with Gasteiger partial charge >= 0.3 is 6.18 Å². The van der Waals surface area contributed by atoms with Crippen molar-refractivity contribution in [2.45, 2.75) is 31.5 Å². The minimum Gasteiger partial charge on any atom is -0.381 e. The minimum atomic E-state index is -4.71. The van der Waals surface area contributed by atoms with Gasteiger partial charge in [0.2, 0.25) is 0 Å². The fourth-order valence-corrected chi connectivity index (χ4v) is 1.51. The molecular weight excluding hydrogens is 211 g/mol. The number of rotatable bonds is 2. The average Bonchev–Trinajstić information content (AvgIpc) is 2.16. The molecule has 2 N–H and O–H groups in total. The lowest BCUT2D eigenvalue weighted by Gasteiger charge is -2.31. The molecule has 15 heavy (non-hydrogen) atoms. The Kier molecular flexibility index (Phi) is 3.40. The lowest BCUT2D eigenvalue weighted by Crippen LogP contribution is -2.59. The number of ether oxygens (including phenoxy) is 1. The molecule has 2 unspecified atom stereocenters. The zero-order valence-electron chi connectivity index (χ0n) is 8.43. The van der Waals surface area contributed by atoms with Crippen LogP contribution >= 0.6 is 0 Å². The van der Waals surface area contributed by atoms with Crippen LogP contribution in [0.1, 0.15) is 19.8 Å². The van der Waals surface area contributed by atoms with Crippen molar-refractivity contribution in [2.75, 3.05) is 13.2 Å². The number of Topliss-reactive ketones (excluding diaryl/α,β-unsaturated/α-hetero) is 1. The number of carbonyl (C=O) groups excluding carboxylic acids is 1. The normalized spacial score (nSPS) is 27.1. The maximum absolute atomic E-state index is 12.5. The van der Waals surface area contributed by atoms with Crippen molar-refractivity contribution in [1.82, 2.24) is 0 Å². The van der Waals surface area contributed by atoms with Crippen LogP contribution in [-0.2, 0) is 9.53 Å². The van der Waals surface area contributed by atoms with E-state index in [4.69, 9.17) is 10.5 Å². The van der Waals surface area contributed by atoms with Gasteiger partial charge in [0.05, 0.1) is 6.61 Å². The molecule has 0 aromatic carbocycles. The molecule has 1 rings (SSSR count). The van der Waals surface area contributed by atoms with E-state index in [0.29, 0.717) is 26.4 Å². The van der Waals surface area contributed by atoms with Crippen LogP contribution in [0, 0.1) is 5.92 Å². The summed E-state index contributed by atoms with van der Waals surface area (Å²) in [4.78, 5) is 11.5. The summed E-state index contributed by atoms with van der Waals surface area (Å²) in [5.74, 6) is -1.70. The second-order valence-electron chi connectivity index (χ2n) is 3.98. The predicted octanol–water partition coefficient (Wildman–Crippen LogP) is 1.26. The van der Waals surface area contributed by atoms with Gasteiger partial charge in [-0.15, -0.1) is 0 Å². The maximum Gasteiger partial charge on any atom is 0.413 e. The fraction of sp³-hybridized carbons (Fsp3) is 0.889. The van der Waals surface area contributed by atoms with E-state index >= 15 is 0 Å². The van der Waals surface area contributed by atoms with E-state index < -0.39 is 23.4 Å². The SMILES string of the molecule is CC(N)(C(=O)C1CCCOC1)C(F)(F)F. The van der Waals surface area contributed by atoms with Gasteiger partial charge in [0.25, 0.3) is 0 Å². The van der Waals surface area contributed by atoms with Crippen LogP contribution in [0.5, 0.6) is 0 Å². The number of halogens is 3. The van der Waals surface area contributed by atoms with Crippen molar-refractivity contribution in [1.29, 1.82) is 0 Å². The number of nitrogens with two attached hydrogens (primary N) is 1. The first-order valence-corrected chi connectivity index (χ1v) is 4.74. The van der Waals surface area contributed by atoms with Gasteiger partial charge in [-0.05, 0) is 19.8 Å². The van der Waals surface area contributed by atoms with Crippen LogP contribution in [0.15, 0.2) is 0 Å². The third kappa shape index (κ3) is 2.49. The first kappa shape index (κ1) is 12.4. The van der Waals surface area contributed by atoms with Gasteiger partial charge in [0.1, 0.15) is 0 Å². The van der Waals surface area contributed by atoms with E-state index in [-0.39, 0.29) is 6.61 Å². The van der Waals surface area contributed by atoms with Gasteiger partial charge in [-0.1, -0.05) is 0 Å². The van der Waals surface area contributed by atoms with Crippen molar-refractivity contribution in [3.05, 3.63) is 0 Å². The van der Waals surface area contributed by atoms with E-state index in [2.05, 4.69) is 0 Å². The largest absolute Gasteiger partial charge is 0.413 e. The standard InChI is InChI=1S/C9H14F3NO2/c1-8(13,9(10,11)12)7(14)6-3-2-4-15-5-6/h6H,2-5,13H2,1H3. The Bertz CT molecular complexity index is 244. The first-order chi connectivity index (χ1) is 6.77. The summed E-state index contributed by atoms with van der Waals surface area (Å²) in [7, 11) is 0. The molecule has 3 nitrogen and oxygen atoms in total. The maximum atomic E-state index is 12.5. The molecule has 0 radical (unpaired) electrons. The van der Waals surface area contributed by atoms with Gasteiger partial charge in [-0.3, -0.25) is 4.79 Å². The predicted molar refractivity (Wildman–Crippen MR) is 47.2 cm³/mol. The van der Waals surface area contributed by atoms with Gasteiger partial charge in [0.15, 0.2) is 11.3 Å². The van der Waals surface area contributed by atoms with Gasteiger partial charge in [-0.2, -0.15) is 13.2 Å². The Balaban J connectivity index is 2.74. The summed E-state index contributed by atoms with van der Waals surface area (Å²) in [5.41, 5.74) is 2.27. The molecule has 88 valence electrons. The Hall–Kier alpha value is -0.620. The molecule has 6 heteroatoms. The highest BCUT2D eigenvalue weighted by atomic mass is 19.4. The molecule has 1 saturated heterocycles. The second kappa shape index (κ2) is 4.09. The van der Waals surface area contributed by atoms with Crippen LogP contribution < -0.4 is 5.73 Å². The van der Waals surface area contributed by atoms with Gasteiger partial charge < -0.3 is 10.5 Å². The smallest absolute Gasteiger partial charge is 0.381 e. The van der Waals surface area contributed by atoms with Crippen LogP contribution in [0.3, 0.4) is 0 Å². The average molecular weight is 225 g/mol. The van der Waals surface area contributed by atoms with Gasteiger partial charge in [-0.25, -0.2) is 0 Å². The highest BCUT2D eigenvalue weighted by Crippen LogP contribution is 2.32. The summed E-state index contributed by atoms with van der Waals surface area (Å²) >= 11 is 0. The Morgan fingerprint density at radius 2 is 2.07 bits per heavy atom. The Labute approximate surface area is 85.8 Å². The molecule has 1 fully saturated rings. The monoisotopic (exact) mass is 225 g/mol. The number of carbonyl (C=O) groups is 1. The van der Waals surface area contributed by atoms with Crippen molar-refractivity contribution in [2.24, 2.45) is 11.7 Å². The molecule has 0 saturated carbocycles. The molecule has 0 amide bonds. The zero-order valence-corrected chi connectivity index (χ0v) is 8.43. The molecule has 0 aromatic heterocycles. The molecule has 2 atom stereocenters. The molecule has 0 bridgehead atoms. The summed E-state index contributed by atoms with van der Waals surface area (Å²) in [6.45, 7) is 1.25. The molecular formula is C9H14F3NO2. The van der Waals surface area contributed by atoms with E-state index in [1.165, 1.54) is 0 Å². The summed E-state index contributed by atoms with van der Waals surface area (Å²) in [6.07, 6.45) is -3.69. The van der Waals surface area contributed by atoms with Crippen molar-refractivity contribution >= 4 is 5.78 Å². The number of hydrogen-bond donors (Lipinski definition) is 1. The number of alkyl halides is 3. The second-order valence-corrected chi connectivity index (χ2v) is 3.98. The van der Waals surface area contributed by atoms with Crippen LogP contribution in [0.25, 0.3) is 0 Å². The lowest BCUT2D eigenvalue weighted by molar-refractivity contribution is -0.190. The van der Waals surface area contributed by atoms with Crippen molar-refractivity contribution < 1.29 is 22.7 Å². The topological polar surface area (TPSA) is 52.3 Å². The third-order valence-corrected chi connectivity index (χ3v) is 2.63. The summed E-state index contributed by atoms with van der Waals surface area (Å²) in [6, 6.07) is 0. The molecule has 0 spiro atoms. The van der Waals surface area contributed by atoms with Crippen molar-refractivity contribution in [3.63, 3.8) is 0 Å². The van der Waals surface area contributed by atoms with E-state index in [1.54, 1.807) is 0 Å². The highest BCUT2D eigenvalue weighted by molar-refractivity contribution is 5.90. The first-order valence-electron chi connectivity index (χ1n) is 4.74. The van der Waals surface area contributed by atoms with E-state index in [0.717, 1.165) is 0 Å². The molecule has 1 heterocycles. The highest BCUT2D eigenvalue weighted by Gasteiger charge is 2.55.